The van der Waals surface area contributed by atoms with Gasteiger partial charge in [-0.3, -0.25) is 14.4 Å². The van der Waals surface area contributed by atoms with Gasteiger partial charge in [-0.25, -0.2) is 0 Å². The molecule has 0 unspecified atom stereocenters. The van der Waals surface area contributed by atoms with Gasteiger partial charge in [-0.05, 0) is 24.8 Å². The van der Waals surface area contributed by atoms with Gasteiger partial charge >= 0.3 is 0 Å². The topological polar surface area (TPSA) is 50.2 Å². The highest BCUT2D eigenvalue weighted by molar-refractivity contribution is 5.79. The van der Waals surface area contributed by atoms with Crippen LogP contribution in [0.4, 0.5) is 0 Å². The van der Waals surface area contributed by atoms with E-state index in [1.807, 2.05) is 24.1 Å². The van der Waals surface area contributed by atoms with Gasteiger partial charge in [0.05, 0.1) is 12.7 Å². The molecule has 1 amide bonds. The lowest BCUT2D eigenvalue weighted by molar-refractivity contribution is -0.122. The summed E-state index contributed by atoms with van der Waals surface area (Å²) in [6, 6.07) is 0.457. The Labute approximate surface area is 113 Å². The molecule has 1 aliphatic carbocycles. The van der Waals surface area contributed by atoms with Crippen LogP contribution in [0.5, 0.6) is 0 Å². The van der Waals surface area contributed by atoms with Crippen LogP contribution < -0.4 is 5.32 Å². The number of carbonyl (C=O) groups is 1. The van der Waals surface area contributed by atoms with Gasteiger partial charge in [0.25, 0.3) is 0 Å². The van der Waals surface area contributed by atoms with E-state index in [1.165, 1.54) is 11.1 Å². The molecule has 5 nitrogen and oxygen atoms in total. The van der Waals surface area contributed by atoms with E-state index in [1.54, 1.807) is 0 Å². The van der Waals surface area contributed by atoms with E-state index >= 15 is 0 Å². The van der Waals surface area contributed by atoms with Crippen LogP contribution in [0.25, 0.3) is 5.57 Å². The van der Waals surface area contributed by atoms with Crippen LogP contribution in [0.3, 0.4) is 0 Å². The second-order valence-electron chi connectivity index (χ2n) is 5.46. The molecule has 1 saturated carbocycles. The summed E-state index contributed by atoms with van der Waals surface area (Å²) in [7, 11) is 1.93. The fourth-order valence-electron chi connectivity index (χ4n) is 2.41. The standard InChI is InChI=1S/C14H20N4O/c1-17-9-12(8-15-17)11-4-6-18(7-5-11)10-14(19)16-13-2-3-13/h4,8-9,13H,2-3,5-7,10H2,1H3,(H,16,19). The van der Waals surface area contributed by atoms with E-state index in [0.29, 0.717) is 12.6 Å². The van der Waals surface area contributed by atoms with Gasteiger partial charge in [0, 0.05) is 37.9 Å². The van der Waals surface area contributed by atoms with Crippen molar-refractivity contribution in [3.8, 4) is 0 Å². The Kier molecular flexibility index (Phi) is 3.38. The number of rotatable bonds is 4. The third-order valence-electron chi connectivity index (χ3n) is 3.68. The molecule has 102 valence electrons. The van der Waals surface area contributed by atoms with Crippen molar-refractivity contribution in [1.29, 1.82) is 0 Å². The summed E-state index contributed by atoms with van der Waals surface area (Å²) in [4.78, 5) is 13.9. The molecule has 2 heterocycles. The molecule has 19 heavy (non-hydrogen) atoms. The first-order chi connectivity index (χ1) is 9.20. The van der Waals surface area contributed by atoms with Crippen LogP contribution in [0.15, 0.2) is 18.5 Å². The van der Waals surface area contributed by atoms with Gasteiger partial charge in [0.1, 0.15) is 0 Å². The molecule has 0 bridgehead atoms. The number of nitrogens with zero attached hydrogens (tertiary/aromatic N) is 3. The predicted octanol–water partition coefficient (Wildman–Crippen LogP) is 0.788. The van der Waals surface area contributed by atoms with Crippen molar-refractivity contribution in [2.24, 2.45) is 7.05 Å². The van der Waals surface area contributed by atoms with E-state index in [2.05, 4.69) is 21.4 Å². The normalized spacial score (nSPS) is 20.2. The van der Waals surface area contributed by atoms with Crippen molar-refractivity contribution < 1.29 is 4.79 Å². The highest BCUT2D eigenvalue weighted by atomic mass is 16.2. The molecule has 1 aliphatic heterocycles. The lowest BCUT2D eigenvalue weighted by atomic mass is 10.0. The minimum atomic E-state index is 0.167. The number of aryl methyl sites for hydroxylation is 1. The minimum Gasteiger partial charge on any atom is -0.352 e. The second kappa shape index (κ2) is 5.17. The molecule has 1 aromatic heterocycles. The third kappa shape index (κ3) is 3.23. The Morgan fingerprint density at radius 2 is 2.37 bits per heavy atom. The Balaban J connectivity index is 1.52. The van der Waals surface area contributed by atoms with Gasteiger partial charge in [0.15, 0.2) is 0 Å². The molecule has 1 aromatic rings. The van der Waals surface area contributed by atoms with Crippen molar-refractivity contribution in [2.45, 2.75) is 25.3 Å². The lowest BCUT2D eigenvalue weighted by Gasteiger charge is -2.25. The molecular formula is C14H20N4O. The number of amides is 1. The van der Waals surface area contributed by atoms with E-state index < -0.39 is 0 Å². The fraction of sp³-hybridized carbons (Fsp3) is 0.571. The maximum absolute atomic E-state index is 11.7. The van der Waals surface area contributed by atoms with E-state index in [0.717, 1.165) is 32.4 Å². The molecule has 5 heteroatoms. The molecule has 1 fully saturated rings. The highest BCUT2D eigenvalue weighted by Crippen LogP contribution is 2.22. The van der Waals surface area contributed by atoms with E-state index in [4.69, 9.17) is 0 Å². The SMILES string of the molecule is Cn1cc(C2=CCN(CC(=O)NC3CC3)CC2)cn1. The average Bonchev–Trinajstić information content (AvgIpc) is 3.09. The van der Waals surface area contributed by atoms with Crippen LogP contribution in [-0.4, -0.2) is 46.3 Å². The van der Waals surface area contributed by atoms with Crippen molar-refractivity contribution in [3.05, 3.63) is 24.0 Å². The summed E-state index contributed by atoms with van der Waals surface area (Å²) in [5, 5.41) is 7.23. The van der Waals surface area contributed by atoms with Crippen LogP contribution in [0, 0.1) is 0 Å². The molecule has 0 radical (unpaired) electrons. The van der Waals surface area contributed by atoms with Crippen molar-refractivity contribution in [3.63, 3.8) is 0 Å². The summed E-state index contributed by atoms with van der Waals surface area (Å²) < 4.78 is 1.83. The minimum absolute atomic E-state index is 0.167. The largest absolute Gasteiger partial charge is 0.352 e. The van der Waals surface area contributed by atoms with E-state index in [9.17, 15) is 4.79 Å². The first-order valence-corrected chi connectivity index (χ1v) is 6.90. The summed E-state index contributed by atoms with van der Waals surface area (Å²) >= 11 is 0. The molecule has 0 saturated heterocycles. The molecule has 0 spiro atoms. The monoisotopic (exact) mass is 260 g/mol. The maximum Gasteiger partial charge on any atom is 0.234 e. The van der Waals surface area contributed by atoms with Crippen LogP contribution in [0.1, 0.15) is 24.8 Å². The number of carbonyl (C=O) groups excluding carboxylic acids is 1. The molecule has 0 atom stereocenters. The second-order valence-corrected chi connectivity index (χ2v) is 5.46. The number of hydrogen-bond donors (Lipinski definition) is 1. The van der Waals surface area contributed by atoms with Gasteiger partial charge in [0.2, 0.25) is 5.91 Å². The van der Waals surface area contributed by atoms with Crippen LogP contribution in [0.2, 0.25) is 0 Å². The summed E-state index contributed by atoms with van der Waals surface area (Å²) in [5.41, 5.74) is 2.54. The smallest absolute Gasteiger partial charge is 0.234 e. The van der Waals surface area contributed by atoms with Crippen LogP contribution >= 0.6 is 0 Å². The zero-order valence-electron chi connectivity index (χ0n) is 11.3. The van der Waals surface area contributed by atoms with Crippen LogP contribution in [-0.2, 0) is 11.8 Å². The lowest BCUT2D eigenvalue weighted by Crippen LogP contribution is -2.39. The third-order valence-corrected chi connectivity index (χ3v) is 3.68. The summed E-state index contributed by atoms with van der Waals surface area (Å²) in [6.45, 7) is 2.31. The van der Waals surface area contributed by atoms with Crippen molar-refractivity contribution in [1.82, 2.24) is 20.0 Å². The van der Waals surface area contributed by atoms with Crippen molar-refractivity contribution in [2.75, 3.05) is 19.6 Å². The Morgan fingerprint density at radius 3 is 2.95 bits per heavy atom. The molecule has 2 aliphatic rings. The summed E-state index contributed by atoms with van der Waals surface area (Å²) in [5.74, 6) is 0.167. The Bertz CT molecular complexity index is 501. The Hall–Kier alpha value is -1.62. The highest BCUT2D eigenvalue weighted by Gasteiger charge is 2.24. The fourth-order valence-corrected chi connectivity index (χ4v) is 2.41. The predicted molar refractivity (Wildman–Crippen MR) is 73.4 cm³/mol. The van der Waals surface area contributed by atoms with Gasteiger partial charge in [-0.1, -0.05) is 6.08 Å². The number of hydrogen-bond acceptors (Lipinski definition) is 3. The number of nitrogens with one attached hydrogen (secondary N) is 1. The summed E-state index contributed by atoms with van der Waals surface area (Å²) in [6.07, 6.45) is 9.45. The molecule has 3 rings (SSSR count). The quantitative estimate of drug-likeness (QED) is 0.870. The van der Waals surface area contributed by atoms with Gasteiger partial charge in [-0.2, -0.15) is 5.10 Å². The van der Waals surface area contributed by atoms with Gasteiger partial charge < -0.3 is 5.32 Å². The zero-order chi connectivity index (χ0) is 13.2. The molecule has 0 aromatic carbocycles. The van der Waals surface area contributed by atoms with Crippen molar-refractivity contribution >= 4 is 11.5 Å². The zero-order valence-corrected chi connectivity index (χ0v) is 11.3. The average molecular weight is 260 g/mol. The molecular weight excluding hydrogens is 240 g/mol. The first-order valence-electron chi connectivity index (χ1n) is 6.90. The maximum atomic E-state index is 11.7. The van der Waals surface area contributed by atoms with Gasteiger partial charge in [-0.15, -0.1) is 0 Å². The van der Waals surface area contributed by atoms with E-state index in [-0.39, 0.29) is 5.91 Å². The first kappa shape index (κ1) is 12.4. The Morgan fingerprint density at radius 1 is 1.53 bits per heavy atom. The number of aromatic nitrogens is 2. The molecule has 1 N–H and O–H groups in total.